The molecule has 6 heteroatoms. The van der Waals surface area contributed by atoms with Gasteiger partial charge in [-0.05, 0) is 31.2 Å². The monoisotopic (exact) mass is 293 g/mol. The van der Waals surface area contributed by atoms with Gasteiger partial charge in [-0.1, -0.05) is 17.7 Å². The van der Waals surface area contributed by atoms with Crippen molar-refractivity contribution in [3.8, 4) is 5.69 Å². The molecule has 0 spiro atoms. The zero-order valence-electron chi connectivity index (χ0n) is 11.2. The second kappa shape index (κ2) is 6.54. The van der Waals surface area contributed by atoms with Crippen LogP contribution >= 0.6 is 11.6 Å². The van der Waals surface area contributed by atoms with Gasteiger partial charge in [-0.15, -0.1) is 0 Å². The molecule has 2 rings (SSSR count). The Hall–Kier alpha value is -1.85. The first-order chi connectivity index (χ1) is 9.65. The van der Waals surface area contributed by atoms with Gasteiger partial charge in [0, 0.05) is 24.3 Å². The molecule has 1 aromatic carbocycles. The zero-order valence-corrected chi connectivity index (χ0v) is 11.9. The van der Waals surface area contributed by atoms with Crippen molar-refractivity contribution in [2.24, 2.45) is 0 Å². The van der Waals surface area contributed by atoms with Gasteiger partial charge in [0.15, 0.2) is 5.69 Å². The molecular weight excluding hydrogens is 278 g/mol. The van der Waals surface area contributed by atoms with Crippen LogP contribution in [0.1, 0.15) is 17.4 Å². The number of aliphatic hydroxyl groups excluding tert-OH is 1. The summed E-state index contributed by atoms with van der Waals surface area (Å²) >= 11 is 5.93. The quantitative estimate of drug-likeness (QED) is 0.917. The minimum atomic E-state index is -0.192. The van der Waals surface area contributed by atoms with Crippen LogP contribution in [0.4, 0.5) is 0 Å². The fourth-order valence-corrected chi connectivity index (χ4v) is 2.07. The summed E-state index contributed by atoms with van der Waals surface area (Å²) in [4.78, 5) is 13.7. The Morgan fingerprint density at radius 3 is 2.90 bits per heavy atom. The number of carbonyl (C=O) groups excluding carboxylic acids is 1. The molecule has 0 saturated heterocycles. The average molecular weight is 294 g/mol. The van der Waals surface area contributed by atoms with Crippen LogP contribution in [0.2, 0.25) is 5.02 Å². The number of amides is 1. The summed E-state index contributed by atoms with van der Waals surface area (Å²) in [6.45, 7) is 2.64. The summed E-state index contributed by atoms with van der Waals surface area (Å²) in [6.07, 6.45) is 1.71. The maximum atomic E-state index is 12.2. The largest absolute Gasteiger partial charge is 0.395 e. The van der Waals surface area contributed by atoms with Crippen molar-refractivity contribution in [1.29, 1.82) is 0 Å². The van der Waals surface area contributed by atoms with Gasteiger partial charge in [0.2, 0.25) is 0 Å². The van der Waals surface area contributed by atoms with Crippen molar-refractivity contribution in [3.05, 3.63) is 47.2 Å². The molecule has 0 aliphatic rings. The molecule has 5 nitrogen and oxygen atoms in total. The Morgan fingerprint density at radius 2 is 2.25 bits per heavy atom. The standard InChI is InChI=1S/C14H16ClN3O2/c1-2-17(8-9-19)14(20)13-6-7-18(16-13)12-5-3-4-11(15)10-12/h3-7,10,19H,2,8-9H2,1H3. The topological polar surface area (TPSA) is 58.4 Å². The lowest BCUT2D eigenvalue weighted by Gasteiger charge is -2.18. The average Bonchev–Trinajstić information content (AvgIpc) is 2.94. The number of nitrogens with zero attached hydrogens (tertiary/aromatic N) is 3. The molecule has 0 unspecified atom stereocenters. The number of aliphatic hydroxyl groups is 1. The number of likely N-dealkylation sites (N-methyl/N-ethyl adjacent to an activating group) is 1. The Morgan fingerprint density at radius 1 is 1.45 bits per heavy atom. The number of hydrogen-bond acceptors (Lipinski definition) is 3. The lowest BCUT2D eigenvalue weighted by molar-refractivity contribution is 0.0725. The third kappa shape index (κ3) is 3.18. The van der Waals surface area contributed by atoms with Gasteiger partial charge in [0.25, 0.3) is 5.91 Å². The van der Waals surface area contributed by atoms with E-state index < -0.39 is 0 Å². The maximum absolute atomic E-state index is 12.2. The molecule has 1 heterocycles. The summed E-state index contributed by atoms with van der Waals surface area (Å²) in [7, 11) is 0. The van der Waals surface area contributed by atoms with Crippen LogP contribution in [-0.2, 0) is 0 Å². The Labute approximate surface area is 122 Å². The first kappa shape index (κ1) is 14.6. The van der Waals surface area contributed by atoms with E-state index in [1.54, 1.807) is 34.0 Å². The van der Waals surface area contributed by atoms with Crippen LogP contribution in [0.25, 0.3) is 5.69 Å². The molecule has 106 valence electrons. The summed E-state index contributed by atoms with van der Waals surface area (Å²) in [5, 5.41) is 13.8. The Kier molecular flexibility index (Phi) is 4.76. The van der Waals surface area contributed by atoms with Crippen LogP contribution in [-0.4, -0.2) is 45.4 Å². The SMILES string of the molecule is CCN(CCO)C(=O)c1ccn(-c2cccc(Cl)c2)n1. The van der Waals surface area contributed by atoms with Crippen LogP contribution in [0.15, 0.2) is 36.5 Å². The molecule has 0 saturated carbocycles. The van der Waals surface area contributed by atoms with Crippen LogP contribution < -0.4 is 0 Å². The van der Waals surface area contributed by atoms with E-state index in [1.807, 2.05) is 19.1 Å². The fraction of sp³-hybridized carbons (Fsp3) is 0.286. The van der Waals surface area contributed by atoms with Crippen molar-refractivity contribution in [3.63, 3.8) is 0 Å². The first-order valence-corrected chi connectivity index (χ1v) is 6.75. The molecule has 0 aliphatic heterocycles. The van der Waals surface area contributed by atoms with E-state index in [2.05, 4.69) is 5.10 Å². The summed E-state index contributed by atoms with van der Waals surface area (Å²) in [6, 6.07) is 8.89. The number of halogens is 1. The number of benzene rings is 1. The number of carbonyl (C=O) groups is 1. The minimum absolute atomic E-state index is 0.0609. The maximum Gasteiger partial charge on any atom is 0.274 e. The van der Waals surface area contributed by atoms with E-state index in [1.165, 1.54) is 0 Å². The summed E-state index contributed by atoms with van der Waals surface area (Å²) in [5.41, 5.74) is 1.14. The molecule has 0 fully saturated rings. The second-order valence-electron chi connectivity index (χ2n) is 4.23. The van der Waals surface area contributed by atoms with Crippen LogP contribution in [0, 0.1) is 0 Å². The molecule has 1 amide bonds. The smallest absolute Gasteiger partial charge is 0.274 e. The number of hydrogen-bond donors (Lipinski definition) is 1. The zero-order chi connectivity index (χ0) is 14.5. The van der Waals surface area contributed by atoms with E-state index in [0.717, 1.165) is 5.69 Å². The van der Waals surface area contributed by atoms with E-state index in [-0.39, 0.29) is 12.5 Å². The highest BCUT2D eigenvalue weighted by Gasteiger charge is 2.16. The lowest BCUT2D eigenvalue weighted by atomic mass is 10.3. The molecular formula is C14H16ClN3O2. The molecule has 1 N–H and O–H groups in total. The molecule has 0 bridgehead atoms. The normalized spacial score (nSPS) is 10.6. The number of aromatic nitrogens is 2. The highest BCUT2D eigenvalue weighted by molar-refractivity contribution is 6.30. The third-order valence-corrected chi connectivity index (χ3v) is 3.15. The number of rotatable bonds is 5. The van der Waals surface area contributed by atoms with Crippen molar-refractivity contribution < 1.29 is 9.90 Å². The summed E-state index contributed by atoms with van der Waals surface area (Å²) < 4.78 is 1.60. The predicted molar refractivity (Wildman–Crippen MR) is 77.2 cm³/mol. The van der Waals surface area contributed by atoms with Gasteiger partial charge in [-0.3, -0.25) is 4.79 Å². The van der Waals surface area contributed by atoms with Gasteiger partial charge < -0.3 is 10.0 Å². The van der Waals surface area contributed by atoms with Crippen molar-refractivity contribution >= 4 is 17.5 Å². The van der Waals surface area contributed by atoms with Gasteiger partial charge in [0.1, 0.15) is 0 Å². The van der Waals surface area contributed by atoms with Crippen molar-refractivity contribution in [1.82, 2.24) is 14.7 Å². The van der Waals surface area contributed by atoms with Crippen molar-refractivity contribution in [2.45, 2.75) is 6.92 Å². The van der Waals surface area contributed by atoms with E-state index in [4.69, 9.17) is 16.7 Å². The van der Waals surface area contributed by atoms with Gasteiger partial charge in [-0.2, -0.15) is 5.10 Å². The van der Waals surface area contributed by atoms with Crippen molar-refractivity contribution in [2.75, 3.05) is 19.7 Å². The van der Waals surface area contributed by atoms with Crippen LogP contribution in [0.3, 0.4) is 0 Å². The Bertz CT molecular complexity index is 598. The molecule has 0 aliphatic carbocycles. The third-order valence-electron chi connectivity index (χ3n) is 2.92. The van der Waals surface area contributed by atoms with Crippen LogP contribution in [0.5, 0.6) is 0 Å². The molecule has 0 atom stereocenters. The molecule has 20 heavy (non-hydrogen) atoms. The summed E-state index contributed by atoms with van der Waals surface area (Å²) in [5.74, 6) is -0.192. The predicted octanol–water partition coefficient (Wildman–Crippen LogP) is 1.98. The highest BCUT2D eigenvalue weighted by atomic mass is 35.5. The van der Waals surface area contributed by atoms with E-state index in [0.29, 0.717) is 23.8 Å². The second-order valence-corrected chi connectivity index (χ2v) is 4.67. The van der Waals surface area contributed by atoms with E-state index >= 15 is 0 Å². The fourth-order valence-electron chi connectivity index (χ4n) is 1.89. The molecule has 2 aromatic rings. The first-order valence-electron chi connectivity index (χ1n) is 6.37. The van der Waals surface area contributed by atoms with Gasteiger partial charge >= 0.3 is 0 Å². The Balaban J connectivity index is 2.22. The van der Waals surface area contributed by atoms with E-state index in [9.17, 15) is 4.79 Å². The van der Waals surface area contributed by atoms with Gasteiger partial charge in [-0.25, -0.2) is 4.68 Å². The van der Waals surface area contributed by atoms with Gasteiger partial charge in [0.05, 0.1) is 12.3 Å². The molecule has 1 aromatic heterocycles. The minimum Gasteiger partial charge on any atom is -0.395 e. The molecule has 0 radical (unpaired) electrons. The highest BCUT2D eigenvalue weighted by Crippen LogP contribution is 2.14. The lowest BCUT2D eigenvalue weighted by Crippen LogP contribution is -2.33.